The van der Waals surface area contributed by atoms with Gasteiger partial charge in [0.05, 0.1) is 4.90 Å². The maximum absolute atomic E-state index is 13.1. The number of hydrogen-bond acceptors (Lipinski definition) is 2. The first kappa shape index (κ1) is 15.7. The highest BCUT2D eigenvalue weighted by Gasteiger charge is 2.16. The molecule has 7 heteroatoms. The molecule has 2 rings (SSSR count). The highest BCUT2D eigenvalue weighted by Crippen LogP contribution is 2.19. The molecule has 0 unspecified atom stereocenters. The lowest BCUT2D eigenvalue weighted by molar-refractivity contribution is 0.504. The summed E-state index contributed by atoms with van der Waals surface area (Å²) in [7, 11) is -3.96. The lowest BCUT2D eigenvalue weighted by atomic mass is 10.2. The molecule has 112 valence electrons. The zero-order valence-corrected chi connectivity index (χ0v) is 12.4. The van der Waals surface area contributed by atoms with Gasteiger partial charge in [-0.1, -0.05) is 12.1 Å². The third kappa shape index (κ3) is 3.92. The Balaban J connectivity index is 2.22. The lowest BCUT2D eigenvalue weighted by Gasteiger charge is -2.09. The molecule has 0 atom stereocenters. The van der Waals surface area contributed by atoms with Crippen LogP contribution in [-0.4, -0.2) is 14.3 Å². The maximum Gasteiger partial charge on any atom is 0.261 e. The molecule has 0 aliphatic carbocycles. The van der Waals surface area contributed by atoms with E-state index in [0.29, 0.717) is 24.1 Å². The third-order valence-electron chi connectivity index (χ3n) is 2.79. The molecule has 2 aromatic carbocycles. The van der Waals surface area contributed by atoms with Gasteiger partial charge in [0, 0.05) is 11.6 Å². The van der Waals surface area contributed by atoms with Crippen molar-refractivity contribution in [1.29, 1.82) is 0 Å². The molecule has 0 bridgehead atoms. The van der Waals surface area contributed by atoms with E-state index in [0.717, 1.165) is 17.7 Å². The minimum Gasteiger partial charge on any atom is -0.280 e. The van der Waals surface area contributed by atoms with Crippen LogP contribution in [0.3, 0.4) is 0 Å². The number of benzene rings is 2. The monoisotopic (exact) mass is 331 g/mol. The topological polar surface area (TPSA) is 46.2 Å². The normalized spacial score (nSPS) is 11.4. The van der Waals surface area contributed by atoms with E-state index in [1.165, 1.54) is 0 Å². The Morgan fingerprint density at radius 2 is 1.67 bits per heavy atom. The molecule has 3 nitrogen and oxygen atoms in total. The van der Waals surface area contributed by atoms with Crippen molar-refractivity contribution >= 4 is 27.3 Å². The number of rotatable bonds is 5. The van der Waals surface area contributed by atoms with Gasteiger partial charge < -0.3 is 0 Å². The van der Waals surface area contributed by atoms with E-state index in [4.69, 9.17) is 11.6 Å². The van der Waals surface area contributed by atoms with Crippen LogP contribution in [0.1, 0.15) is 5.56 Å². The second-order valence-electron chi connectivity index (χ2n) is 4.32. The zero-order chi connectivity index (χ0) is 15.5. The van der Waals surface area contributed by atoms with Crippen molar-refractivity contribution in [2.45, 2.75) is 11.3 Å². The minimum absolute atomic E-state index is 0.332. The summed E-state index contributed by atoms with van der Waals surface area (Å²) in [6, 6.07) is 9.06. The predicted octanol–water partition coefficient (Wildman–Crippen LogP) is 3.55. The molecule has 0 aliphatic rings. The minimum atomic E-state index is -3.96. The maximum atomic E-state index is 13.1. The van der Waals surface area contributed by atoms with Crippen LogP contribution in [0, 0.1) is 11.6 Å². The summed E-state index contributed by atoms with van der Waals surface area (Å²) >= 11 is 5.61. The SMILES string of the molecule is O=S(=O)(Nc1ccc(CCCl)cc1)c1ccc(F)c(F)c1. The molecule has 0 amide bonds. The fourth-order valence-electron chi connectivity index (χ4n) is 1.71. The second kappa shape index (κ2) is 6.41. The Hall–Kier alpha value is -1.66. The van der Waals surface area contributed by atoms with Crippen LogP contribution in [0.5, 0.6) is 0 Å². The van der Waals surface area contributed by atoms with E-state index >= 15 is 0 Å². The molecule has 1 N–H and O–H groups in total. The standard InChI is InChI=1S/C14H12ClF2NO2S/c15-8-7-10-1-3-11(4-2-10)18-21(19,20)12-5-6-13(16)14(17)9-12/h1-6,9,18H,7-8H2. The Labute approximate surface area is 126 Å². The molecule has 2 aromatic rings. The zero-order valence-electron chi connectivity index (χ0n) is 10.8. The van der Waals surface area contributed by atoms with Crippen LogP contribution in [-0.2, 0) is 16.4 Å². The van der Waals surface area contributed by atoms with Gasteiger partial charge in [-0.25, -0.2) is 17.2 Å². The van der Waals surface area contributed by atoms with Gasteiger partial charge in [0.25, 0.3) is 10.0 Å². The van der Waals surface area contributed by atoms with Gasteiger partial charge in [-0.2, -0.15) is 0 Å². The molecule has 0 radical (unpaired) electrons. The fourth-order valence-corrected chi connectivity index (χ4v) is 2.99. The van der Waals surface area contributed by atoms with Crippen molar-refractivity contribution in [2.75, 3.05) is 10.6 Å². The van der Waals surface area contributed by atoms with Crippen LogP contribution in [0.15, 0.2) is 47.4 Å². The summed E-state index contributed by atoms with van der Waals surface area (Å²) in [4.78, 5) is -0.341. The summed E-state index contributed by atoms with van der Waals surface area (Å²) in [5.74, 6) is -1.84. The first-order valence-electron chi connectivity index (χ1n) is 6.05. The lowest BCUT2D eigenvalue weighted by Crippen LogP contribution is -2.13. The van der Waals surface area contributed by atoms with Crippen molar-refractivity contribution in [3.63, 3.8) is 0 Å². The molecule has 0 spiro atoms. The number of hydrogen-bond donors (Lipinski definition) is 1. The average molecular weight is 332 g/mol. The number of sulfonamides is 1. The van der Waals surface area contributed by atoms with Crippen LogP contribution in [0.2, 0.25) is 0 Å². The largest absolute Gasteiger partial charge is 0.280 e. The van der Waals surface area contributed by atoms with Gasteiger partial charge in [0.1, 0.15) is 0 Å². The molecule has 0 saturated heterocycles. The van der Waals surface area contributed by atoms with E-state index in [1.807, 2.05) is 0 Å². The van der Waals surface area contributed by atoms with E-state index in [2.05, 4.69) is 4.72 Å². The van der Waals surface area contributed by atoms with Crippen LogP contribution >= 0.6 is 11.6 Å². The van der Waals surface area contributed by atoms with E-state index in [1.54, 1.807) is 24.3 Å². The van der Waals surface area contributed by atoms with Gasteiger partial charge in [-0.15, -0.1) is 11.6 Å². The number of halogens is 3. The number of alkyl halides is 1. The molecule has 0 saturated carbocycles. The first-order valence-corrected chi connectivity index (χ1v) is 8.07. The predicted molar refractivity (Wildman–Crippen MR) is 78.0 cm³/mol. The summed E-state index contributed by atoms with van der Waals surface area (Å²) in [5, 5.41) is 0. The first-order chi connectivity index (χ1) is 9.92. The van der Waals surface area contributed by atoms with Gasteiger partial charge in [0.2, 0.25) is 0 Å². The van der Waals surface area contributed by atoms with Crippen LogP contribution < -0.4 is 4.72 Å². The van der Waals surface area contributed by atoms with Gasteiger partial charge >= 0.3 is 0 Å². The smallest absolute Gasteiger partial charge is 0.261 e. The molecule has 0 fully saturated rings. The second-order valence-corrected chi connectivity index (χ2v) is 6.38. The van der Waals surface area contributed by atoms with E-state index in [9.17, 15) is 17.2 Å². The Morgan fingerprint density at radius 1 is 1.00 bits per heavy atom. The number of aryl methyl sites for hydroxylation is 1. The summed E-state index contributed by atoms with van der Waals surface area (Å²) in [6.45, 7) is 0. The van der Waals surface area contributed by atoms with Crippen molar-refractivity contribution in [3.8, 4) is 0 Å². The fraction of sp³-hybridized carbons (Fsp3) is 0.143. The molecular weight excluding hydrogens is 320 g/mol. The van der Waals surface area contributed by atoms with Crippen LogP contribution in [0.25, 0.3) is 0 Å². The van der Waals surface area contributed by atoms with Crippen molar-refractivity contribution in [2.24, 2.45) is 0 Å². The summed E-state index contributed by atoms with van der Waals surface area (Å²) in [6.07, 6.45) is 0.678. The quantitative estimate of drug-likeness (QED) is 0.852. The Kier molecular flexibility index (Phi) is 4.80. The summed E-state index contributed by atoms with van der Waals surface area (Å²) < 4.78 is 52.3. The Bertz CT molecular complexity index is 733. The highest BCUT2D eigenvalue weighted by atomic mass is 35.5. The Morgan fingerprint density at radius 3 is 2.24 bits per heavy atom. The average Bonchev–Trinajstić information content (AvgIpc) is 2.44. The van der Waals surface area contributed by atoms with E-state index in [-0.39, 0.29) is 4.90 Å². The highest BCUT2D eigenvalue weighted by molar-refractivity contribution is 7.92. The number of nitrogens with one attached hydrogen (secondary N) is 1. The molecular formula is C14H12ClF2NO2S. The van der Waals surface area contributed by atoms with Gasteiger partial charge in [-0.05, 0) is 42.3 Å². The molecule has 0 aromatic heterocycles. The van der Waals surface area contributed by atoms with Gasteiger partial charge in [0.15, 0.2) is 11.6 Å². The van der Waals surface area contributed by atoms with Crippen LogP contribution in [0.4, 0.5) is 14.5 Å². The molecule has 0 aliphatic heterocycles. The molecule has 0 heterocycles. The van der Waals surface area contributed by atoms with Crippen molar-refractivity contribution < 1.29 is 17.2 Å². The van der Waals surface area contributed by atoms with Crippen molar-refractivity contribution in [1.82, 2.24) is 0 Å². The summed E-state index contributed by atoms with van der Waals surface area (Å²) in [5.41, 5.74) is 1.30. The van der Waals surface area contributed by atoms with E-state index < -0.39 is 21.7 Å². The van der Waals surface area contributed by atoms with Gasteiger partial charge in [-0.3, -0.25) is 4.72 Å². The third-order valence-corrected chi connectivity index (χ3v) is 4.36. The molecule has 21 heavy (non-hydrogen) atoms. The number of anilines is 1. The van der Waals surface area contributed by atoms with Crippen molar-refractivity contribution in [3.05, 3.63) is 59.7 Å².